The van der Waals surface area contributed by atoms with E-state index in [1.165, 1.54) is 11.3 Å². The largest absolute Gasteiger partial charge is 0.462 e. The monoisotopic (exact) mass is 331 g/mol. The van der Waals surface area contributed by atoms with Gasteiger partial charge >= 0.3 is 5.97 Å². The number of ether oxygens (including phenoxy) is 1. The lowest BCUT2D eigenvalue weighted by Crippen LogP contribution is -2.16. The Morgan fingerprint density at radius 2 is 1.83 bits per heavy atom. The van der Waals surface area contributed by atoms with E-state index in [4.69, 9.17) is 4.74 Å². The van der Waals surface area contributed by atoms with E-state index in [1.54, 1.807) is 13.0 Å². The van der Waals surface area contributed by atoms with Gasteiger partial charge in [0.15, 0.2) is 0 Å². The first-order valence-electron chi connectivity index (χ1n) is 7.51. The Kier molecular flexibility index (Phi) is 5.21. The van der Waals surface area contributed by atoms with Crippen LogP contribution < -0.4 is 5.32 Å². The topological polar surface area (TPSA) is 55.4 Å². The van der Waals surface area contributed by atoms with Crippen molar-refractivity contribution in [2.75, 3.05) is 11.9 Å². The number of rotatable bonds is 4. The number of carbonyl (C=O) groups excluding carboxylic acids is 2. The van der Waals surface area contributed by atoms with Gasteiger partial charge in [0.1, 0.15) is 5.00 Å². The molecule has 1 amide bonds. The molecule has 0 aliphatic carbocycles. The van der Waals surface area contributed by atoms with Crippen molar-refractivity contribution in [2.24, 2.45) is 0 Å². The molecule has 122 valence electrons. The highest BCUT2D eigenvalue weighted by Gasteiger charge is 2.22. The van der Waals surface area contributed by atoms with Gasteiger partial charge < -0.3 is 10.1 Å². The van der Waals surface area contributed by atoms with Crippen LogP contribution in [0.15, 0.2) is 18.2 Å². The second-order valence-electron chi connectivity index (χ2n) is 5.41. The van der Waals surface area contributed by atoms with Crippen LogP contribution in [-0.2, 0) is 4.74 Å². The summed E-state index contributed by atoms with van der Waals surface area (Å²) in [6.45, 7) is 9.75. The third kappa shape index (κ3) is 3.45. The van der Waals surface area contributed by atoms with Crippen LogP contribution in [0.4, 0.5) is 5.00 Å². The summed E-state index contributed by atoms with van der Waals surface area (Å²) in [7, 11) is 0. The zero-order valence-corrected chi connectivity index (χ0v) is 14.9. The molecule has 0 bridgehead atoms. The Balaban J connectivity index is 2.37. The molecule has 0 saturated heterocycles. The van der Waals surface area contributed by atoms with Crippen molar-refractivity contribution >= 4 is 28.2 Å². The molecular formula is C18H21NO3S. The molecule has 1 N–H and O–H groups in total. The van der Waals surface area contributed by atoms with Crippen LogP contribution in [0.2, 0.25) is 0 Å². The Bertz CT molecular complexity index is 762. The van der Waals surface area contributed by atoms with Gasteiger partial charge in [-0.3, -0.25) is 4.79 Å². The van der Waals surface area contributed by atoms with Crippen LogP contribution in [0.25, 0.3) is 0 Å². The number of carbonyl (C=O) groups is 2. The van der Waals surface area contributed by atoms with Crippen LogP contribution in [0, 0.1) is 27.7 Å². The fourth-order valence-corrected chi connectivity index (χ4v) is 3.38. The van der Waals surface area contributed by atoms with Crippen molar-refractivity contribution in [3.63, 3.8) is 0 Å². The molecule has 0 spiro atoms. The van der Waals surface area contributed by atoms with Gasteiger partial charge in [-0.05, 0) is 57.4 Å². The maximum absolute atomic E-state index is 12.6. The molecule has 5 heteroatoms. The van der Waals surface area contributed by atoms with Crippen LogP contribution >= 0.6 is 11.3 Å². The smallest absolute Gasteiger partial charge is 0.341 e. The quantitative estimate of drug-likeness (QED) is 0.844. The molecule has 1 aromatic carbocycles. The lowest BCUT2D eigenvalue weighted by Gasteiger charge is -2.10. The molecule has 0 saturated carbocycles. The highest BCUT2D eigenvalue weighted by atomic mass is 32.1. The summed E-state index contributed by atoms with van der Waals surface area (Å²) in [4.78, 5) is 25.7. The third-order valence-electron chi connectivity index (χ3n) is 3.94. The fourth-order valence-electron chi connectivity index (χ4n) is 2.33. The Morgan fingerprint density at radius 3 is 2.48 bits per heavy atom. The summed E-state index contributed by atoms with van der Waals surface area (Å²) in [5.41, 5.74) is 3.91. The van der Waals surface area contributed by atoms with Crippen LogP contribution in [0.5, 0.6) is 0 Å². The second kappa shape index (κ2) is 6.96. The van der Waals surface area contributed by atoms with Crippen molar-refractivity contribution in [2.45, 2.75) is 34.6 Å². The zero-order valence-electron chi connectivity index (χ0n) is 14.1. The normalized spacial score (nSPS) is 10.5. The van der Waals surface area contributed by atoms with Crippen molar-refractivity contribution in [1.29, 1.82) is 0 Å². The van der Waals surface area contributed by atoms with E-state index in [0.29, 0.717) is 22.7 Å². The molecular weight excluding hydrogens is 310 g/mol. The van der Waals surface area contributed by atoms with Crippen molar-refractivity contribution in [1.82, 2.24) is 0 Å². The number of aryl methyl sites for hydroxylation is 2. The first-order valence-corrected chi connectivity index (χ1v) is 8.33. The average molecular weight is 331 g/mol. The predicted molar refractivity (Wildman–Crippen MR) is 93.6 cm³/mol. The minimum absolute atomic E-state index is 0.210. The molecule has 0 aliphatic heterocycles. The summed E-state index contributed by atoms with van der Waals surface area (Å²) >= 11 is 1.40. The Hall–Kier alpha value is -2.14. The highest BCUT2D eigenvalue weighted by molar-refractivity contribution is 7.16. The van der Waals surface area contributed by atoms with Gasteiger partial charge in [0.2, 0.25) is 0 Å². The van der Waals surface area contributed by atoms with Crippen molar-refractivity contribution in [3.05, 3.63) is 50.9 Å². The molecule has 0 radical (unpaired) electrons. The number of benzene rings is 1. The molecule has 2 rings (SSSR count). The summed E-state index contributed by atoms with van der Waals surface area (Å²) in [6, 6.07) is 5.61. The van der Waals surface area contributed by atoms with Gasteiger partial charge in [-0.2, -0.15) is 0 Å². The maximum Gasteiger partial charge on any atom is 0.341 e. The number of anilines is 1. The van der Waals surface area contributed by atoms with Gasteiger partial charge in [0, 0.05) is 10.4 Å². The van der Waals surface area contributed by atoms with Gasteiger partial charge in [-0.1, -0.05) is 12.1 Å². The molecule has 1 heterocycles. The number of esters is 1. The molecule has 2 aromatic rings. The van der Waals surface area contributed by atoms with Gasteiger partial charge in [-0.25, -0.2) is 4.79 Å². The maximum atomic E-state index is 12.6. The summed E-state index contributed by atoms with van der Waals surface area (Å²) in [5.74, 6) is -0.608. The van der Waals surface area contributed by atoms with E-state index in [1.807, 2.05) is 39.8 Å². The minimum Gasteiger partial charge on any atom is -0.462 e. The van der Waals surface area contributed by atoms with Crippen LogP contribution in [0.3, 0.4) is 0 Å². The molecule has 0 unspecified atom stereocenters. The van der Waals surface area contributed by atoms with Crippen LogP contribution in [0.1, 0.15) is 49.2 Å². The molecule has 1 aromatic heterocycles. The van der Waals surface area contributed by atoms with Gasteiger partial charge in [0.05, 0.1) is 12.2 Å². The number of amides is 1. The number of hydrogen-bond acceptors (Lipinski definition) is 4. The summed E-state index contributed by atoms with van der Waals surface area (Å²) < 4.78 is 5.11. The third-order valence-corrected chi connectivity index (χ3v) is 5.06. The van der Waals surface area contributed by atoms with Crippen LogP contribution in [-0.4, -0.2) is 18.5 Å². The predicted octanol–water partition coefficient (Wildman–Crippen LogP) is 4.41. The second-order valence-corrected chi connectivity index (χ2v) is 6.63. The highest BCUT2D eigenvalue weighted by Crippen LogP contribution is 2.33. The van der Waals surface area contributed by atoms with E-state index in [0.717, 1.165) is 21.6 Å². The minimum atomic E-state index is -0.398. The van der Waals surface area contributed by atoms with Crippen molar-refractivity contribution < 1.29 is 14.3 Å². The molecule has 0 atom stereocenters. The van der Waals surface area contributed by atoms with Gasteiger partial charge in [0.25, 0.3) is 5.91 Å². The lowest BCUT2D eigenvalue weighted by molar-refractivity contribution is 0.0527. The summed E-state index contributed by atoms with van der Waals surface area (Å²) in [5, 5.41) is 3.42. The molecule has 4 nitrogen and oxygen atoms in total. The van der Waals surface area contributed by atoms with E-state index in [2.05, 4.69) is 5.32 Å². The molecule has 0 aliphatic rings. The SMILES string of the molecule is CCOC(=O)c1c(NC(=O)c2cccc(C)c2C)sc(C)c1C. The standard InChI is InChI=1S/C18H21NO3S/c1-6-22-18(21)15-12(4)13(5)23-17(15)19-16(20)14-9-7-8-10(2)11(14)3/h7-9H,6H2,1-5H3,(H,19,20). The fraction of sp³-hybridized carbons (Fsp3) is 0.333. The van der Waals surface area contributed by atoms with E-state index in [9.17, 15) is 9.59 Å². The Labute approximate surface area is 140 Å². The number of nitrogens with one attached hydrogen (secondary N) is 1. The lowest BCUT2D eigenvalue weighted by atomic mass is 10.0. The summed E-state index contributed by atoms with van der Waals surface area (Å²) in [6.07, 6.45) is 0. The van der Waals surface area contributed by atoms with E-state index in [-0.39, 0.29) is 5.91 Å². The van der Waals surface area contributed by atoms with E-state index >= 15 is 0 Å². The number of thiophene rings is 1. The molecule has 0 fully saturated rings. The van der Waals surface area contributed by atoms with Crippen molar-refractivity contribution in [3.8, 4) is 0 Å². The average Bonchev–Trinajstić information content (AvgIpc) is 2.76. The number of hydrogen-bond donors (Lipinski definition) is 1. The Morgan fingerprint density at radius 1 is 1.13 bits per heavy atom. The zero-order chi connectivity index (χ0) is 17.1. The van der Waals surface area contributed by atoms with Gasteiger partial charge in [-0.15, -0.1) is 11.3 Å². The molecule has 23 heavy (non-hydrogen) atoms. The first kappa shape index (κ1) is 17.2. The first-order chi connectivity index (χ1) is 10.9. The van der Waals surface area contributed by atoms with E-state index < -0.39 is 5.97 Å².